The Morgan fingerprint density at radius 1 is 1.38 bits per heavy atom. The Bertz CT molecular complexity index is 958. The predicted octanol–water partition coefficient (Wildman–Crippen LogP) is 2.08. The van der Waals surface area contributed by atoms with E-state index in [9.17, 15) is 9.59 Å². The largest absolute Gasteiger partial charge is 0.444 e. The van der Waals surface area contributed by atoms with Crippen molar-refractivity contribution in [2.45, 2.75) is 26.9 Å². The topological polar surface area (TPSA) is 90.0 Å². The van der Waals surface area contributed by atoms with Gasteiger partial charge in [-0.15, -0.1) is 0 Å². The molecule has 0 unspecified atom stereocenters. The molecule has 24 heavy (non-hydrogen) atoms. The van der Waals surface area contributed by atoms with Crippen molar-refractivity contribution < 1.29 is 9.21 Å². The molecular weight excluding hydrogens is 376 g/mol. The van der Waals surface area contributed by atoms with Gasteiger partial charge in [-0.05, 0) is 32.0 Å². The maximum atomic E-state index is 12.4. The lowest BCUT2D eigenvalue weighted by molar-refractivity contribution is -0.122. The lowest BCUT2D eigenvalue weighted by Gasteiger charge is -2.07. The number of halogens is 1. The highest BCUT2D eigenvalue weighted by Crippen LogP contribution is 2.14. The number of carbonyl (C=O) groups excluding carboxylic acids is 1. The Balaban J connectivity index is 1.73. The summed E-state index contributed by atoms with van der Waals surface area (Å²) in [7, 11) is 0. The van der Waals surface area contributed by atoms with Gasteiger partial charge in [0.2, 0.25) is 11.8 Å². The normalized spacial score (nSPS) is 11.0. The molecule has 3 rings (SSSR count). The van der Waals surface area contributed by atoms with Crippen LogP contribution < -0.4 is 10.9 Å². The SMILES string of the molecule is Cc1nc(CNC(=O)Cn2cnc3ccc(Br)cc3c2=O)oc1C. The summed E-state index contributed by atoms with van der Waals surface area (Å²) in [6.07, 6.45) is 1.37. The Hall–Kier alpha value is -2.48. The minimum atomic E-state index is -0.318. The molecule has 1 aromatic carbocycles. The van der Waals surface area contributed by atoms with Gasteiger partial charge in [0.25, 0.3) is 5.56 Å². The summed E-state index contributed by atoms with van der Waals surface area (Å²) >= 11 is 3.33. The monoisotopic (exact) mass is 390 g/mol. The van der Waals surface area contributed by atoms with Crippen molar-refractivity contribution in [1.82, 2.24) is 19.9 Å². The number of nitrogens with zero attached hydrogens (tertiary/aromatic N) is 3. The first kappa shape index (κ1) is 16.4. The Morgan fingerprint density at radius 3 is 2.88 bits per heavy atom. The third-order valence-corrected chi connectivity index (χ3v) is 4.10. The summed E-state index contributed by atoms with van der Waals surface area (Å²) in [4.78, 5) is 32.9. The fourth-order valence-corrected chi connectivity index (χ4v) is 2.60. The van der Waals surface area contributed by atoms with E-state index in [2.05, 4.69) is 31.2 Å². The standard InChI is InChI=1S/C16H15BrN4O3/c1-9-10(2)24-15(20-9)6-18-14(22)7-21-8-19-13-4-3-11(17)5-12(13)16(21)23/h3-5,8H,6-7H2,1-2H3,(H,18,22). The van der Waals surface area contributed by atoms with Gasteiger partial charge in [-0.3, -0.25) is 14.2 Å². The van der Waals surface area contributed by atoms with Crippen LogP contribution >= 0.6 is 15.9 Å². The minimum absolute atomic E-state index is 0.118. The summed E-state index contributed by atoms with van der Waals surface area (Å²) in [5, 5.41) is 3.14. The number of hydrogen-bond acceptors (Lipinski definition) is 5. The van der Waals surface area contributed by atoms with E-state index in [1.54, 1.807) is 12.1 Å². The lowest BCUT2D eigenvalue weighted by Crippen LogP contribution is -2.32. The average molecular weight is 391 g/mol. The van der Waals surface area contributed by atoms with Crippen LogP contribution in [0, 0.1) is 13.8 Å². The zero-order chi connectivity index (χ0) is 17.3. The number of carbonyl (C=O) groups is 1. The molecule has 0 spiro atoms. The van der Waals surface area contributed by atoms with Gasteiger partial charge in [-0.1, -0.05) is 15.9 Å². The lowest BCUT2D eigenvalue weighted by atomic mass is 10.2. The number of nitrogens with one attached hydrogen (secondary N) is 1. The van der Waals surface area contributed by atoms with Crippen LogP contribution in [-0.4, -0.2) is 20.4 Å². The van der Waals surface area contributed by atoms with Crippen molar-refractivity contribution in [1.29, 1.82) is 0 Å². The number of hydrogen-bond donors (Lipinski definition) is 1. The van der Waals surface area contributed by atoms with E-state index in [0.29, 0.717) is 16.8 Å². The van der Waals surface area contributed by atoms with E-state index in [0.717, 1.165) is 15.9 Å². The van der Waals surface area contributed by atoms with Gasteiger partial charge < -0.3 is 9.73 Å². The smallest absolute Gasteiger partial charge is 0.261 e. The number of oxazole rings is 1. The molecule has 0 aliphatic rings. The molecule has 0 radical (unpaired) electrons. The molecule has 2 aromatic heterocycles. The number of aromatic nitrogens is 3. The van der Waals surface area contributed by atoms with Crippen LogP contribution in [0.5, 0.6) is 0 Å². The fourth-order valence-electron chi connectivity index (χ4n) is 2.24. The molecule has 0 aliphatic heterocycles. The fraction of sp³-hybridized carbons (Fsp3) is 0.250. The first-order valence-corrected chi connectivity index (χ1v) is 8.07. The zero-order valence-corrected chi connectivity index (χ0v) is 14.8. The van der Waals surface area contributed by atoms with E-state index in [1.807, 2.05) is 19.9 Å². The third kappa shape index (κ3) is 3.38. The molecule has 7 nitrogen and oxygen atoms in total. The van der Waals surface area contributed by atoms with Crippen molar-refractivity contribution in [2.24, 2.45) is 0 Å². The van der Waals surface area contributed by atoms with Gasteiger partial charge in [-0.2, -0.15) is 0 Å². The van der Waals surface area contributed by atoms with Crippen LogP contribution in [0.15, 0.2) is 38.2 Å². The van der Waals surface area contributed by atoms with Crippen molar-refractivity contribution >= 4 is 32.7 Å². The molecule has 0 bridgehead atoms. The van der Waals surface area contributed by atoms with Crippen molar-refractivity contribution in [3.8, 4) is 0 Å². The van der Waals surface area contributed by atoms with E-state index in [4.69, 9.17) is 4.42 Å². The van der Waals surface area contributed by atoms with Crippen LogP contribution in [0.4, 0.5) is 0 Å². The molecule has 1 N–H and O–H groups in total. The highest BCUT2D eigenvalue weighted by Gasteiger charge is 2.10. The number of benzene rings is 1. The van der Waals surface area contributed by atoms with Gasteiger partial charge in [0, 0.05) is 4.47 Å². The molecule has 0 saturated heterocycles. The maximum absolute atomic E-state index is 12.4. The summed E-state index contributed by atoms with van der Waals surface area (Å²) in [6.45, 7) is 3.70. The molecule has 0 atom stereocenters. The van der Waals surface area contributed by atoms with Gasteiger partial charge in [0.15, 0.2) is 0 Å². The van der Waals surface area contributed by atoms with Crippen molar-refractivity contribution in [3.63, 3.8) is 0 Å². The van der Waals surface area contributed by atoms with Gasteiger partial charge >= 0.3 is 0 Å². The summed E-state index contributed by atoms with van der Waals surface area (Å²) in [6, 6.07) is 5.25. The molecule has 0 saturated carbocycles. The van der Waals surface area contributed by atoms with Crippen LogP contribution in [0.2, 0.25) is 0 Å². The molecule has 2 heterocycles. The summed E-state index contributed by atoms with van der Waals surface area (Å²) < 4.78 is 7.45. The second-order valence-electron chi connectivity index (χ2n) is 5.37. The van der Waals surface area contributed by atoms with Crippen molar-refractivity contribution in [2.75, 3.05) is 0 Å². The van der Waals surface area contributed by atoms with Gasteiger partial charge in [-0.25, -0.2) is 9.97 Å². The summed E-state index contributed by atoms with van der Waals surface area (Å²) in [5.41, 5.74) is 1.12. The highest BCUT2D eigenvalue weighted by molar-refractivity contribution is 9.10. The molecule has 8 heteroatoms. The van der Waals surface area contributed by atoms with Gasteiger partial charge in [0.1, 0.15) is 12.3 Å². The van der Waals surface area contributed by atoms with E-state index < -0.39 is 0 Å². The Morgan fingerprint density at radius 2 is 2.17 bits per heavy atom. The molecule has 3 aromatic rings. The number of aryl methyl sites for hydroxylation is 2. The van der Waals surface area contributed by atoms with E-state index in [1.165, 1.54) is 10.9 Å². The Labute approximate surface area is 145 Å². The zero-order valence-electron chi connectivity index (χ0n) is 13.2. The predicted molar refractivity (Wildman–Crippen MR) is 91.5 cm³/mol. The van der Waals surface area contributed by atoms with E-state index >= 15 is 0 Å². The highest BCUT2D eigenvalue weighted by atomic mass is 79.9. The molecule has 124 valence electrons. The third-order valence-electron chi connectivity index (χ3n) is 3.61. The molecule has 0 aliphatic carbocycles. The number of amides is 1. The average Bonchev–Trinajstić information content (AvgIpc) is 2.87. The molecule has 0 fully saturated rings. The first-order chi connectivity index (χ1) is 11.4. The number of rotatable bonds is 4. The van der Waals surface area contributed by atoms with Crippen molar-refractivity contribution in [3.05, 3.63) is 56.7 Å². The van der Waals surface area contributed by atoms with Crippen LogP contribution in [0.1, 0.15) is 17.3 Å². The molecule has 1 amide bonds. The Kier molecular flexibility index (Phi) is 4.48. The van der Waals surface area contributed by atoms with Crippen LogP contribution in [-0.2, 0) is 17.9 Å². The molecular formula is C16H15BrN4O3. The number of fused-ring (bicyclic) bond motifs is 1. The van der Waals surface area contributed by atoms with Crippen LogP contribution in [0.25, 0.3) is 10.9 Å². The van der Waals surface area contributed by atoms with Gasteiger partial charge in [0.05, 0.1) is 29.5 Å². The maximum Gasteiger partial charge on any atom is 0.261 e. The first-order valence-electron chi connectivity index (χ1n) is 7.28. The van der Waals surface area contributed by atoms with E-state index in [-0.39, 0.29) is 24.6 Å². The summed E-state index contributed by atoms with van der Waals surface area (Å²) in [5.74, 6) is 0.841. The minimum Gasteiger partial charge on any atom is -0.444 e. The van der Waals surface area contributed by atoms with Crippen LogP contribution in [0.3, 0.4) is 0 Å². The quantitative estimate of drug-likeness (QED) is 0.736. The second kappa shape index (κ2) is 6.56. The second-order valence-corrected chi connectivity index (χ2v) is 6.28.